The number of allylic oxidation sites excluding steroid dienone is 1. The highest BCUT2D eigenvalue weighted by Gasteiger charge is 2.38. The fraction of sp³-hybridized carbons (Fsp3) is 0.550. The lowest BCUT2D eigenvalue weighted by atomic mass is 9.80. The maximum absolute atomic E-state index is 12.5. The van der Waals surface area contributed by atoms with E-state index in [9.17, 15) is 9.90 Å². The summed E-state index contributed by atoms with van der Waals surface area (Å²) in [4.78, 5) is 12.5. The Morgan fingerprint density at radius 3 is 2.69 bits per heavy atom. The van der Waals surface area contributed by atoms with E-state index < -0.39 is 6.29 Å². The first-order valence-corrected chi connectivity index (χ1v) is 9.67. The van der Waals surface area contributed by atoms with Crippen LogP contribution in [0.3, 0.4) is 0 Å². The Kier molecular flexibility index (Phi) is 6.57. The average molecular weight is 380 g/mol. The lowest BCUT2D eigenvalue weighted by Crippen LogP contribution is -2.39. The van der Waals surface area contributed by atoms with Gasteiger partial charge in [-0.25, -0.2) is 0 Å². The normalized spacial score (nSPS) is 25.3. The first-order valence-electron chi connectivity index (χ1n) is 9.29. The summed E-state index contributed by atoms with van der Waals surface area (Å²) >= 11 is 6.03. The third-order valence-electron chi connectivity index (χ3n) is 4.80. The zero-order chi connectivity index (χ0) is 18.5. The lowest BCUT2D eigenvalue weighted by molar-refractivity contribution is -0.166. The van der Waals surface area contributed by atoms with Gasteiger partial charge in [-0.3, -0.25) is 4.79 Å². The summed E-state index contributed by atoms with van der Waals surface area (Å²) in [6, 6.07) is 7.91. The van der Waals surface area contributed by atoms with E-state index in [2.05, 4.69) is 5.32 Å². The number of benzene rings is 1. The number of carbonyl (C=O) groups excluding carboxylic acids is 1. The van der Waals surface area contributed by atoms with Crippen LogP contribution in [-0.4, -0.2) is 36.6 Å². The van der Waals surface area contributed by atoms with E-state index >= 15 is 0 Å². The molecule has 26 heavy (non-hydrogen) atoms. The minimum atomic E-state index is -0.516. The molecule has 0 radical (unpaired) electrons. The molecule has 0 aromatic heterocycles. The molecule has 1 fully saturated rings. The monoisotopic (exact) mass is 379 g/mol. The van der Waals surface area contributed by atoms with Gasteiger partial charge in [0.1, 0.15) is 0 Å². The Balaban J connectivity index is 1.90. The minimum Gasteiger partial charge on any atom is -0.459 e. The summed E-state index contributed by atoms with van der Waals surface area (Å²) in [6.07, 6.45) is 4.80. The number of rotatable bonds is 8. The van der Waals surface area contributed by atoms with Crippen LogP contribution in [0.2, 0.25) is 5.02 Å². The van der Waals surface area contributed by atoms with Crippen LogP contribution in [0.5, 0.6) is 0 Å². The van der Waals surface area contributed by atoms with Gasteiger partial charge in [0.25, 0.3) is 5.91 Å². The van der Waals surface area contributed by atoms with Crippen LogP contribution in [0, 0.1) is 5.92 Å². The van der Waals surface area contributed by atoms with Crippen molar-refractivity contribution >= 4 is 17.5 Å². The molecule has 142 valence electrons. The molecular weight excluding hydrogens is 354 g/mol. The van der Waals surface area contributed by atoms with E-state index in [0.29, 0.717) is 23.8 Å². The molecule has 0 spiro atoms. The molecule has 3 atom stereocenters. The Morgan fingerprint density at radius 1 is 1.35 bits per heavy atom. The van der Waals surface area contributed by atoms with Crippen LogP contribution < -0.4 is 5.32 Å². The van der Waals surface area contributed by atoms with Gasteiger partial charge in [-0.2, -0.15) is 0 Å². The molecule has 2 N–H and O–H groups in total. The molecule has 5 nitrogen and oxygen atoms in total. The molecule has 0 bridgehead atoms. The van der Waals surface area contributed by atoms with E-state index in [4.69, 9.17) is 21.1 Å². The summed E-state index contributed by atoms with van der Waals surface area (Å²) in [7, 11) is 0. The largest absolute Gasteiger partial charge is 0.459 e. The predicted molar refractivity (Wildman–Crippen MR) is 99.7 cm³/mol. The standard InChI is InChI=1S/C20H26ClNO4/c1-2-25-20-16(4-3-11-23)17(13-5-7-14(21)8-6-13)12-18(26-20)19(24)22-15-9-10-15/h5-8,12,15-17,20,23H,2-4,9-11H2,1H3,(H,22,24)/t16-,17+,20+/m1/s1. The molecule has 1 saturated carbocycles. The second-order valence-corrected chi connectivity index (χ2v) is 7.26. The number of carbonyl (C=O) groups is 1. The third-order valence-corrected chi connectivity index (χ3v) is 5.05. The summed E-state index contributed by atoms with van der Waals surface area (Å²) in [5, 5.41) is 12.9. The first-order chi connectivity index (χ1) is 12.6. The quantitative estimate of drug-likeness (QED) is 0.726. The van der Waals surface area contributed by atoms with Crippen LogP contribution in [-0.2, 0) is 14.3 Å². The molecule has 1 amide bonds. The Morgan fingerprint density at radius 2 is 2.08 bits per heavy atom. The van der Waals surface area contributed by atoms with Crippen LogP contribution in [0.4, 0.5) is 0 Å². The van der Waals surface area contributed by atoms with E-state index in [1.807, 2.05) is 37.3 Å². The Bertz CT molecular complexity index is 642. The molecule has 2 aliphatic rings. The number of ether oxygens (including phenoxy) is 2. The molecule has 1 aromatic carbocycles. The molecule has 6 heteroatoms. The topological polar surface area (TPSA) is 67.8 Å². The molecule has 1 aromatic rings. The molecular formula is C20H26ClNO4. The average Bonchev–Trinajstić information content (AvgIpc) is 3.45. The van der Waals surface area contributed by atoms with Gasteiger partial charge < -0.3 is 19.9 Å². The van der Waals surface area contributed by atoms with E-state index in [0.717, 1.165) is 24.8 Å². The number of nitrogens with one attached hydrogen (secondary N) is 1. The van der Waals surface area contributed by atoms with E-state index in [-0.39, 0.29) is 30.4 Å². The van der Waals surface area contributed by atoms with Gasteiger partial charge in [-0.15, -0.1) is 0 Å². The van der Waals surface area contributed by atoms with Crippen molar-refractivity contribution in [2.24, 2.45) is 5.92 Å². The van der Waals surface area contributed by atoms with Crippen molar-refractivity contribution in [3.8, 4) is 0 Å². The van der Waals surface area contributed by atoms with Crippen molar-refractivity contribution in [2.75, 3.05) is 13.2 Å². The second-order valence-electron chi connectivity index (χ2n) is 6.83. The van der Waals surface area contributed by atoms with Crippen molar-refractivity contribution in [1.82, 2.24) is 5.32 Å². The number of amides is 1. The summed E-state index contributed by atoms with van der Waals surface area (Å²) in [5.74, 6) is 0.108. The SMILES string of the molecule is CCO[C@H]1OC(C(=O)NC2CC2)=C[C@@H](c2ccc(Cl)cc2)[C@H]1CCCO. The van der Waals surface area contributed by atoms with Gasteiger partial charge in [0.15, 0.2) is 5.76 Å². The minimum absolute atomic E-state index is 0.0146. The van der Waals surface area contributed by atoms with Gasteiger partial charge in [0, 0.05) is 36.1 Å². The molecule has 1 aliphatic heterocycles. The number of hydrogen-bond donors (Lipinski definition) is 2. The molecule has 0 unspecified atom stereocenters. The summed E-state index contributed by atoms with van der Waals surface area (Å²) < 4.78 is 11.7. The Labute approximate surface area is 159 Å². The second kappa shape index (κ2) is 8.89. The first kappa shape index (κ1) is 19.2. The van der Waals surface area contributed by atoms with E-state index in [1.54, 1.807) is 0 Å². The molecule has 0 saturated heterocycles. The Hall–Kier alpha value is -1.56. The predicted octanol–water partition coefficient (Wildman–Crippen LogP) is 3.37. The highest BCUT2D eigenvalue weighted by molar-refractivity contribution is 6.30. The van der Waals surface area contributed by atoms with Gasteiger partial charge in [0.2, 0.25) is 6.29 Å². The maximum Gasteiger partial charge on any atom is 0.286 e. The third kappa shape index (κ3) is 4.78. The van der Waals surface area contributed by atoms with Crippen LogP contribution in [0.15, 0.2) is 36.1 Å². The number of aliphatic hydroxyl groups is 1. The fourth-order valence-electron chi connectivity index (χ4n) is 3.31. The summed E-state index contributed by atoms with van der Waals surface area (Å²) in [5.41, 5.74) is 1.06. The van der Waals surface area contributed by atoms with Gasteiger partial charge in [0.05, 0.1) is 0 Å². The zero-order valence-corrected chi connectivity index (χ0v) is 15.7. The van der Waals surface area contributed by atoms with Crippen molar-refractivity contribution in [3.63, 3.8) is 0 Å². The zero-order valence-electron chi connectivity index (χ0n) is 15.0. The highest BCUT2D eigenvalue weighted by Crippen LogP contribution is 2.39. The summed E-state index contributed by atoms with van der Waals surface area (Å²) in [6.45, 7) is 2.51. The smallest absolute Gasteiger partial charge is 0.286 e. The number of halogens is 1. The van der Waals surface area contributed by atoms with Crippen molar-refractivity contribution in [2.45, 2.75) is 50.9 Å². The lowest BCUT2D eigenvalue weighted by Gasteiger charge is -2.37. The molecule has 1 heterocycles. The van der Waals surface area contributed by atoms with Crippen molar-refractivity contribution in [3.05, 3.63) is 46.7 Å². The van der Waals surface area contributed by atoms with Crippen molar-refractivity contribution < 1.29 is 19.4 Å². The number of hydrogen-bond acceptors (Lipinski definition) is 4. The molecule has 1 aliphatic carbocycles. The van der Waals surface area contributed by atoms with Gasteiger partial charge in [-0.1, -0.05) is 23.7 Å². The number of aliphatic hydroxyl groups excluding tert-OH is 1. The van der Waals surface area contributed by atoms with Gasteiger partial charge >= 0.3 is 0 Å². The van der Waals surface area contributed by atoms with Crippen LogP contribution >= 0.6 is 11.6 Å². The highest BCUT2D eigenvalue weighted by atomic mass is 35.5. The van der Waals surface area contributed by atoms with Crippen LogP contribution in [0.1, 0.15) is 44.1 Å². The maximum atomic E-state index is 12.5. The van der Waals surface area contributed by atoms with Crippen molar-refractivity contribution in [1.29, 1.82) is 0 Å². The fourth-order valence-corrected chi connectivity index (χ4v) is 3.44. The van der Waals surface area contributed by atoms with Gasteiger partial charge in [-0.05, 0) is 56.4 Å². The van der Waals surface area contributed by atoms with E-state index in [1.165, 1.54) is 0 Å². The van der Waals surface area contributed by atoms with Crippen LogP contribution in [0.25, 0.3) is 0 Å². The molecule has 3 rings (SSSR count).